The molecule has 1 N–H and O–H groups in total. The Hall–Kier alpha value is 0.330. The molecule has 0 aliphatic heterocycles. The van der Waals surface area contributed by atoms with E-state index in [1.807, 2.05) is 0 Å². The number of aliphatic carboxylic acids is 1. The molecule has 0 amide bonds. The van der Waals surface area contributed by atoms with Crippen LogP contribution >= 0.6 is 18.5 Å². The second kappa shape index (κ2) is 2.49. The van der Waals surface area contributed by atoms with Gasteiger partial charge in [0, 0.05) is 0 Å². The van der Waals surface area contributed by atoms with Gasteiger partial charge < -0.3 is 5.11 Å². The van der Waals surface area contributed by atoms with E-state index in [1.165, 1.54) is 0 Å². The summed E-state index contributed by atoms with van der Waals surface area (Å²) in [6.07, 6.45) is 0. The Morgan fingerprint density at radius 2 is 1.83 bits per heavy atom. The third kappa shape index (κ3) is 2.56. The van der Waals surface area contributed by atoms with Crippen molar-refractivity contribution in [3.63, 3.8) is 0 Å². The van der Waals surface area contributed by atoms with Crippen LogP contribution in [0.3, 0.4) is 0 Å². The molecule has 2 nitrogen and oxygen atoms in total. The molecule has 0 fully saturated rings. The highest BCUT2D eigenvalue weighted by atomic mass is 31.1. The predicted molar refractivity (Wildman–Crippen MR) is 30.8 cm³/mol. The first kappa shape index (κ1) is 6.33. The number of carboxylic acid groups (broad SMARTS) is 1. The van der Waals surface area contributed by atoms with Gasteiger partial charge in [-0.05, 0) is 0 Å². The van der Waals surface area contributed by atoms with Gasteiger partial charge in [-0.25, -0.2) is 0 Å². The van der Waals surface area contributed by atoms with Crippen LogP contribution in [0, 0.1) is 0 Å². The smallest absolute Gasteiger partial charge is 0.314 e. The van der Waals surface area contributed by atoms with Crippen molar-refractivity contribution >= 4 is 24.4 Å². The summed E-state index contributed by atoms with van der Waals surface area (Å²) in [6.45, 7) is 0. The minimum absolute atomic E-state index is 0.398. The van der Waals surface area contributed by atoms with Crippen LogP contribution in [0.1, 0.15) is 0 Å². The van der Waals surface area contributed by atoms with E-state index in [0.717, 1.165) is 0 Å². The monoisotopic (exact) mass is 124 g/mol. The van der Waals surface area contributed by atoms with Crippen molar-refractivity contribution in [3.8, 4) is 0 Å². The molecule has 0 aliphatic rings. The van der Waals surface area contributed by atoms with E-state index in [1.54, 1.807) is 0 Å². The Labute approximate surface area is 40.7 Å². The molecule has 0 spiro atoms. The first-order valence-corrected chi connectivity index (χ1v) is 2.72. The standard InChI is InChI=1S/C2H6O2P2/c3-1(4)2(5)6/h2H,5-6H2,(H,3,4). The second-order valence-corrected chi connectivity index (χ2v) is 3.07. The van der Waals surface area contributed by atoms with Crippen LogP contribution in [-0.2, 0) is 4.79 Å². The number of carboxylic acids is 1. The zero-order valence-corrected chi connectivity index (χ0v) is 5.40. The van der Waals surface area contributed by atoms with Crippen molar-refractivity contribution in [1.82, 2.24) is 0 Å². The van der Waals surface area contributed by atoms with Gasteiger partial charge >= 0.3 is 5.97 Å². The molecule has 0 radical (unpaired) electrons. The number of hydrogen-bond donors (Lipinski definition) is 1. The molecule has 4 heteroatoms. The lowest BCUT2D eigenvalue weighted by molar-refractivity contribution is -0.134. The Bertz CT molecular complexity index is 60.6. The number of rotatable bonds is 1. The molecule has 0 aromatic rings. The molecule has 0 rings (SSSR count). The van der Waals surface area contributed by atoms with Crippen LogP contribution in [0.25, 0.3) is 0 Å². The molecular formula is C2H6O2P2. The molecule has 0 aromatic heterocycles. The van der Waals surface area contributed by atoms with Crippen molar-refractivity contribution < 1.29 is 9.90 Å². The van der Waals surface area contributed by atoms with Gasteiger partial charge in [0.25, 0.3) is 0 Å². The molecule has 0 aliphatic carbocycles. The first-order chi connectivity index (χ1) is 2.64. The van der Waals surface area contributed by atoms with Crippen LogP contribution < -0.4 is 0 Å². The lowest BCUT2D eigenvalue weighted by Crippen LogP contribution is -2.02. The maximum atomic E-state index is 9.66. The summed E-state index contributed by atoms with van der Waals surface area (Å²) in [6, 6.07) is 0. The van der Waals surface area contributed by atoms with Crippen molar-refractivity contribution in [1.29, 1.82) is 0 Å². The molecule has 2 unspecified atom stereocenters. The summed E-state index contributed by atoms with van der Waals surface area (Å²) >= 11 is 0. The first-order valence-electron chi connectivity index (χ1n) is 1.38. The normalized spacial score (nSPS) is 9.17. The molecule has 36 valence electrons. The molecule has 0 bridgehead atoms. The SMILES string of the molecule is O=C(O)C(P)P. The highest BCUT2D eigenvalue weighted by Gasteiger charge is 1.99. The topological polar surface area (TPSA) is 37.3 Å². The summed E-state index contributed by atoms with van der Waals surface area (Å²) < 4.78 is 0. The number of hydrogen-bond acceptors (Lipinski definition) is 1. The van der Waals surface area contributed by atoms with Crippen molar-refractivity contribution in [2.24, 2.45) is 0 Å². The zero-order valence-electron chi connectivity index (χ0n) is 3.09. The Morgan fingerprint density at radius 1 is 1.67 bits per heavy atom. The second-order valence-electron chi connectivity index (χ2n) is 0.864. The fourth-order valence-electron chi connectivity index (χ4n) is 0. The number of carbonyl (C=O) groups is 1. The van der Waals surface area contributed by atoms with Gasteiger partial charge in [-0.1, -0.05) is 0 Å². The molecule has 6 heavy (non-hydrogen) atoms. The average Bonchev–Trinajstić information content (AvgIpc) is 1.36. The minimum atomic E-state index is -0.815. The molecule has 0 heterocycles. The fraction of sp³-hybridized carbons (Fsp3) is 0.500. The van der Waals surface area contributed by atoms with Gasteiger partial charge in [0.15, 0.2) is 0 Å². The predicted octanol–water partition coefficient (Wildman–Crippen LogP) is 0.147. The van der Waals surface area contributed by atoms with Gasteiger partial charge in [0.05, 0.1) is 5.40 Å². The van der Waals surface area contributed by atoms with Crippen LogP contribution in [-0.4, -0.2) is 16.5 Å². The van der Waals surface area contributed by atoms with E-state index >= 15 is 0 Å². The Morgan fingerprint density at radius 3 is 1.83 bits per heavy atom. The summed E-state index contributed by atoms with van der Waals surface area (Å²) in [4.78, 5) is 9.66. The summed E-state index contributed by atoms with van der Waals surface area (Å²) in [5.74, 6) is -0.815. The maximum absolute atomic E-state index is 9.66. The van der Waals surface area contributed by atoms with Crippen LogP contribution in [0.4, 0.5) is 0 Å². The van der Waals surface area contributed by atoms with E-state index in [4.69, 9.17) is 5.11 Å². The summed E-state index contributed by atoms with van der Waals surface area (Å²) in [5.41, 5.74) is 0. The third-order valence-corrected chi connectivity index (χ3v) is 0.855. The molecule has 0 aromatic carbocycles. The fourth-order valence-corrected chi connectivity index (χ4v) is 0. The van der Waals surface area contributed by atoms with Crippen molar-refractivity contribution in [2.75, 3.05) is 0 Å². The average molecular weight is 124 g/mol. The highest BCUT2D eigenvalue weighted by Crippen LogP contribution is 2.06. The lowest BCUT2D eigenvalue weighted by atomic mass is 10.8. The minimum Gasteiger partial charge on any atom is -0.481 e. The lowest BCUT2D eigenvalue weighted by Gasteiger charge is -1.89. The van der Waals surface area contributed by atoms with E-state index in [-0.39, 0.29) is 0 Å². The molecule has 2 atom stereocenters. The maximum Gasteiger partial charge on any atom is 0.314 e. The van der Waals surface area contributed by atoms with Crippen LogP contribution in [0.2, 0.25) is 0 Å². The summed E-state index contributed by atoms with van der Waals surface area (Å²) in [7, 11) is 4.27. The van der Waals surface area contributed by atoms with E-state index in [9.17, 15) is 4.79 Å². The van der Waals surface area contributed by atoms with E-state index < -0.39 is 11.4 Å². The summed E-state index contributed by atoms with van der Waals surface area (Å²) in [5, 5.41) is 7.55. The molecular weight excluding hydrogens is 118 g/mol. The zero-order chi connectivity index (χ0) is 5.15. The van der Waals surface area contributed by atoms with Gasteiger partial charge in [0.2, 0.25) is 0 Å². The highest BCUT2D eigenvalue weighted by molar-refractivity contribution is 7.40. The van der Waals surface area contributed by atoms with Crippen LogP contribution in [0.15, 0.2) is 0 Å². The quantitative estimate of drug-likeness (QED) is 0.505. The van der Waals surface area contributed by atoms with E-state index in [2.05, 4.69) is 18.5 Å². The molecule has 0 saturated carbocycles. The third-order valence-electron chi connectivity index (χ3n) is 0.285. The van der Waals surface area contributed by atoms with Gasteiger partial charge in [-0.15, -0.1) is 18.5 Å². The van der Waals surface area contributed by atoms with Crippen molar-refractivity contribution in [3.05, 3.63) is 0 Å². The van der Waals surface area contributed by atoms with Gasteiger partial charge in [0.1, 0.15) is 0 Å². The Balaban J connectivity index is 3.26. The largest absolute Gasteiger partial charge is 0.481 e. The van der Waals surface area contributed by atoms with Gasteiger partial charge in [-0.2, -0.15) is 0 Å². The Kier molecular flexibility index (Phi) is 2.63. The van der Waals surface area contributed by atoms with E-state index in [0.29, 0.717) is 0 Å². The van der Waals surface area contributed by atoms with Crippen molar-refractivity contribution in [2.45, 2.75) is 5.40 Å². The molecule has 0 saturated heterocycles. The van der Waals surface area contributed by atoms with Gasteiger partial charge in [-0.3, -0.25) is 4.79 Å². The van der Waals surface area contributed by atoms with Crippen LogP contribution in [0.5, 0.6) is 0 Å².